The summed E-state index contributed by atoms with van der Waals surface area (Å²) in [5, 5.41) is 13.8. The number of nitrogens with zero attached hydrogens (tertiary/aromatic N) is 3. The molecule has 0 spiro atoms. The molecular formula is C12H21N5O2. The fourth-order valence-corrected chi connectivity index (χ4v) is 1.67. The molecule has 1 amide bonds. The van der Waals surface area contributed by atoms with Gasteiger partial charge in [0.2, 0.25) is 0 Å². The Hall–Kier alpha value is -1.47. The highest BCUT2D eigenvalue weighted by atomic mass is 16.5. The number of hydrogen-bond donors (Lipinski definition) is 2. The molecule has 1 fully saturated rings. The second kappa shape index (κ2) is 6.63. The zero-order chi connectivity index (χ0) is 13.7. The average molecular weight is 267 g/mol. The van der Waals surface area contributed by atoms with Gasteiger partial charge in [0, 0.05) is 26.2 Å². The minimum absolute atomic E-state index is 0.202. The van der Waals surface area contributed by atoms with Crippen LogP contribution in [0.25, 0.3) is 0 Å². The van der Waals surface area contributed by atoms with Gasteiger partial charge < -0.3 is 15.4 Å². The molecular weight excluding hydrogens is 246 g/mol. The highest BCUT2D eigenvalue weighted by molar-refractivity contribution is 5.91. The van der Waals surface area contributed by atoms with Crippen LogP contribution in [0.5, 0.6) is 0 Å². The summed E-state index contributed by atoms with van der Waals surface area (Å²) in [5.74, 6) is 0.304. The van der Waals surface area contributed by atoms with Crippen molar-refractivity contribution in [1.82, 2.24) is 25.6 Å². The van der Waals surface area contributed by atoms with Crippen molar-refractivity contribution in [2.45, 2.75) is 19.9 Å². The van der Waals surface area contributed by atoms with Crippen LogP contribution in [0.3, 0.4) is 0 Å². The van der Waals surface area contributed by atoms with Gasteiger partial charge >= 0.3 is 0 Å². The first-order chi connectivity index (χ1) is 9.16. The van der Waals surface area contributed by atoms with Crippen LogP contribution in [0.2, 0.25) is 0 Å². The second-order valence-corrected chi connectivity index (χ2v) is 5.12. The van der Waals surface area contributed by atoms with E-state index in [9.17, 15) is 4.79 Å². The number of aromatic nitrogens is 3. The number of ether oxygens (including phenoxy) is 1. The highest BCUT2D eigenvalue weighted by Crippen LogP contribution is 2.09. The van der Waals surface area contributed by atoms with E-state index < -0.39 is 0 Å². The van der Waals surface area contributed by atoms with Crippen LogP contribution in [0.15, 0.2) is 6.20 Å². The Balaban J connectivity index is 1.69. The van der Waals surface area contributed by atoms with E-state index in [0.29, 0.717) is 37.4 Å². The van der Waals surface area contributed by atoms with Crippen molar-refractivity contribution in [2.24, 2.45) is 5.92 Å². The molecule has 0 unspecified atom stereocenters. The van der Waals surface area contributed by atoms with Gasteiger partial charge in [0.1, 0.15) is 0 Å². The fourth-order valence-electron chi connectivity index (χ4n) is 1.67. The molecule has 19 heavy (non-hydrogen) atoms. The Morgan fingerprint density at radius 2 is 2.42 bits per heavy atom. The monoisotopic (exact) mass is 267 g/mol. The van der Waals surface area contributed by atoms with Gasteiger partial charge in [-0.15, -0.1) is 5.10 Å². The Morgan fingerprint density at radius 3 is 3.05 bits per heavy atom. The Morgan fingerprint density at radius 1 is 1.63 bits per heavy atom. The van der Waals surface area contributed by atoms with Gasteiger partial charge in [-0.1, -0.05) is 19.1 Å². The summed E-state index contributed by atoms with van der Waals surface area (Å²) >= 11 is 0. The summed E-state index contributed by atoms with van der Waals surface area (Å²) in [5.41, 5.74) is 0.357. The van der Waals surface area contributed by atoms with Gasteiger partial charge in [-0.3, -0.25) is 4.79 Å². The zero-order valence-electron chi connectivity index (χ0n) is 11.4. The van der Waals surface area contributed by atoms with Crippen LogP contribution in [0, 0.1) is 5.92 Å². The van der Waals surface area contributed by atoms with Gasteiger partial charge in [-0.25, -0.2) is 4.68 Å². The number of carbonyl (C=O) groups excluding carboxylic acids is 1. The molecule has 0 radical (unpaired) electrons. The number of amides is 1. The van der Waals surface area contributed by atoms with Gasteiger partial charge in [0.25, 0.3) is 5.91 Å². The number of carbonyl (C=O) groups is 1. The maximum atomic E-state index is 11.8. The van der Waals surface area contributed by atoms with Crippen LogP contribution >= 0.6 is 0 Å². The lowest BCUT2D eigenvalue weighted by atomic mass is 10.2. The van der Waals surface area contributed by atoms with Crippen molar-refractivity contribution in [3.05, 3.63) is 11.9 Å². The van der Waals surface area contributed by atoms with Crippen LogP contribution in [0.1, 0.15) is 30.4 Å². The molecule has 0 atom stereocenters. The van der Waals surface area contributed by atoms with E-state index in [4.69, 9.17) is 4.74 Å². The zero-order valence-corrected chi connectivity index (χ0v) is 11.4. The van der Waals surface area contributed by atoms with Crippen molar-refractivity contribution in [3.8, 4) is 0 Å². The van der Waals surface area contributed by atoms with Crippen molar-refractivity contribution in [3.63, 3.8) is 0 Å². The molecule has 106 valence electrons. The van der Waals surface area contributed by atoms with Crippen molar-refractivity contribution < 1.29 is 9.53 Å². The fraction of sp³-hybridized carbons (Fsp3) is 0.750. The first-order valence-corrected chi connectivity index (χ1v) is 6.65. The number of hydrogen-bond acceptors (Lipinski definition) is 5. The minimum Gasteiger partial charge on any atom is -0.379 e. The normalized spacial score (nSPS) is 15.5. The van der Waals surface area contributed by atoms with E-state index in [1.807, 2.05) is 0 Å². The quantitative estimate of drug-likeness (QED) is 0.670. The largest absolute Gasteiger partial charge is 0.379 e. The molecule has 0 saturated carbocycles. The molecule has 1 saturated heterocycles. The third-order valence-electron chi connectivity index (χ3n) is 2.86. The van der Waals surface area contributed by atoms with E-state index in [1.165, 1.54) is 0 Å². The molecule has 1 aliphatic rings. The third kappa shape index (κ3) is 4.00. The maximum Gasteiger partial charge on any atom is 0.273 e. The summed E-state index contributed by atoms with van der Waals surface area (Å²) in [7, 11) is 0. The predicted octanol–water partition coefficient (Wildman–Crippen LogP) is -0.175. The lowest BCUT2D eigenvalue weighted by Crippen LogP contribution is -2.43. The molecule has 0 bridgehead atoms. The van der Waals surface area contributed by atoms with Gasteiger partial charge in [-0.2, -0.15) is 0 Å². The molecule has 2 rings (SSSR count). The van der Waals surface area contributed by atoms with Gasteiger partial charge in [0.15, 0.2) is 5.69 Å². The van der Waals surface area contributed by atoms with Crippen LogP contribution in [-0.2, 0) is 4.74 Å². The summed E-state index contributed by atoms with van der Waals surface area (Å²) in [4.78, 5) is 11.8. The Labute approximate surface area is 112 Å². The lowest BCUT2D eigenvalue weighted by Gasteiger charge is -2.26. The summed E-state index contributed by atoms with van der Waals surface area (Å²) in [6.07, 6.45) is 1.69. The summed E-state index contributed by atoms with van der Waals surface area (Å²) < 4.78 is 7.12. The van der Waals surface area contributed by atoms with E-state index in [-0.39, 0.29) is 5.91 Å². The smallest absolute Gasteiger partial charge is 0.273 e. The number of rotatable bonds is 7. The van der Waals surface area contributed by atoms with Gasteiger partial charge in [-0.05, 0) is 5.92 Å². The minimum atomic E-state index is -0.202. The lowest BCUT2D eigenvalue weighted by molar-refractivity contribution is 0.0882. The molecule has 1 aromatic rings. The van der Waals surface area contributed by atoms with Crippen molar-refractivity contribution in [1.29, 1.82) is 0 Å². The molecule has 2 heterocycles. The first kappa shape index (κ1) is 14.0. The number of nitrogens with one attached hydrogen (secondary N) is 2. The molecule has 0 aromatic carbocycles. The molecule has 2 N–H and O–H groups in total. The molecule has 1 aliphatic heterocycles. The molecule has 7 nitrogen and oxygen atoms in total. The average Bonchev–Trinajstić information content (AvgIpc) is 2.75. The predicted molar refractivity (Wildman–Crippen MR) is 69.9 cm³/mol. The molecule has 0 aliphatic carbocycles. The van der Waals surface area contributed by atoms with E-state index in [2.05, 4.69) is 34.8 Å². The van der Waals surface area contributed by atoms with E-state index >= 15 is 0 Å². The summed E-state index contributed by atoms with van der Waals surface area (Å²) in [6, 6.07) is 0.323. The molecule has 7 heteroatoms. The first-order valence-electron chi connectivity index (χ1n) is 6.65. The van der Waals surface area contributed by atoms with Crippen LogP contribution in [-0.4, -0.2) is 53.7 Å². The second-order valence-electron chi connectivity index (χ2n) is 5.12. The summed E-state index contributed by atoms with van der Waals surface area (Å²) in [6.45, 7) is 7.66. The third-order valence-corrected chi connectivity index (χ3v) is 2.86. The van der Waals surface area contributed by atoms with Gasteiger partial charge in [0.05, 0.1) is 18.8 Å². The van der Waals surface area contributed by atoms with Crippen molar-refractivity contribution in [2.75, 3.05) is 32.8 Å². The Kier molecular flexibility index (Phi) is 4.86. The standard InChI is InChI=1S/C12H21N5O2/c1-9(2)8-19-4-3-14-12(18)11-7-17(16-15-11)10-5-13-6-10/h7,9-10,13H,3-6,8H2,1-2H3,(H,14,18). The van der Waals surface area contributed by atoms with E-state index in [1.54, 1.807) is 10.9 Å². The van der Waals surface area contributed by atoms with Crippen molar-refractivity contribution >= 4 is 5.91 Å². The molecule has 1 aromatic heterocycles. The van der Waals surface area contributed by atoms with E-state index in [0.717, 1.165) is 13.1 Å². The Bertz CT molecular complexity index is 414. The van der Waals surface area contributed by atoms with Crippen LogP contribution < -0.4 is 10.6 Å². The van der Waals surface area contributed by atoms with Crippen LogP contribution in [0.4, 0.5) is 0 Å². The topological polar surface area (TPSA) is 81.1 Å². The SMILES string of the molecule is CC(C)COCCNC(=O)c1cn(C2CNC2)nn1. The highest BCUT2D eigenvalue weighted by Gasteiger charge is 2.21. The maximum absolute atomic E-state index is 11.8.